The molecule has 1 saturated heterocycles. The van der Waals surface area contributed by atoms with Crippen LogP contribution in [0.4, 0.5) is 4.79 Å². The minimum absolute atomic E-state index is 0.0477. The first-order valence-corrected chi connectivity index (χ1v) is 10.4. The minimum Gasteiger partial charge on any atom is -0.465 e. The van der Waals surface area contributed by atoms with Gasteiger partial charge in [-0.15, -0.1) is 0 Å². The molecule has 1 heterocycles. The number of ether oxygens (including phenoxy) is 2. The Balaban J connectivity index is 2.27. The zero-order valence-electron chi connectivity index (χ0n) is 18.4. The lowest BCUT2D eigenvalue weighted by Crippen LogP contribution is -2.56. The second-order valence-electron chi connectivity index (χ2n) is 9.31. The van der Waals surface area contributed by atoms with Crippen LogP contribution in [0.1, 0.15) is 39.2 Å². The number of hydrogen-bond acceptors (Lipinski definition) is 6. The number of piperidine rings is 1. The van der Waals surface area contributed by atoms with E-state index in [-0.39, 0.29) is 38.3 Å². The molecule has 1 fully saturated rings. The number of esters is 1. The van der Waals surface area contributed by atoms with Crippen LogP contribution in [0, 0.1) is 26.9 Å². The van der Waals surface area contributed by atoms with Crippen molar-refractivity contribution in [3.05, 3.63) is 46.0 Å². The highest BCUT2D eigenvalue weighted by Crippen LogP contribution is 2.40. The Morgan fingerprint density at radius 2 is 1.97 bits per heavy atom. The van der Waals surface area contributed by atoms with E-state index in [1.807, 2.05) is 51.1 Å². The van der Waals surface area contributed by atoms with Crippen LogP contribution in [0.5, 0.6) is 0 Å². The summed E-state index contributed by atoms with van der Waals surface area (Å²) in [5.74, 6) is -1.41. The highest BCUT2D eigenvalue weighted by Gasteiger charge is 2.52. The lowest BCUT2D eigenvalue weighted by Gasteiger charge is -2.43. The molecule has 172 valence electrons. The molecule has 0 aromatic heterocycles. The van der Waals surface area contributed by atoms with E-state index in [1.165, 1.54) is 0 Å². The first-order valence-electron chi connectivity index (χ1n) is 10.4. The Bertz CT molecular complexity index is 763. The van der Waals surface area contributed by atoms with Crippen LogP contribution in [0.15, 0.2) is 30.3 Å². The fourth-order valence-electron chi connectivity index (χ4n) is 3.80. The van der Waals surface area contributed by atoms with Crippen molar-refractivity contribution in [2.75, 3.05) is 32.8 Å². The second kappa shape index (κ2) is 10.6. The fraction of sp³-hybridized carbons (Fsp3) is 0.636. The third-order valence-corrected chi connectivity index (χ3v) is 5.42. The van der Waals surface area contributed by atoms with Gasteiger partial charge >= 0.3 is 12.1 Å². The molecule has 1 aliphatic rings. The third-order valence-electron chi connectivity index (χ3n) is 5.42. The summed E-state index contributed by atoms with van der Waals surface area (Å²) < 4.78 is 11.3. The van der Waals surface area contributed by atoms with Crippen molar-refractivity contribution in [2.24, 2.45) is 16.7 Å². The van der Waals surface area contributed by atoms with Crippen LogP contribution < -0.4 is 0 Å². The van der Waals surface area contributed by atoms with Crippen molar-refractivity contribution in [2.45, 2.75) is 40.2 Å². The molecule has 9 nitrogen and oxygen atoms in total. The van der Waals surface area contributed by atoms with Crippen molar-refractivity contribution in [3.63, 3.8) is 0 Å². The molecule has 0 aliphatic carbocycles. The van der Waals surface area contributed by atoms with Crippen molar-refractivity contribution < 1.29 is 29.1 Å². The summed E-state index contributed by atoms with van der Waals surface area (Å²) in [5.41, 5.74) is -0.714. The van der Waals surface area contributed by atoms with Crippen LogP contribution in [-0.2, 0) is 20.9 Å². The van der Waals surface area contributed by atoms with E-state index in [4.69, 9.17) is 9.47 Å². The van der Waals surface area contributed by atoms with E-state index in [0.29, 0.717) is 12.8 Å². The van der Waals surface area contributed by atoms with E-state index in [9.17, 15) is 24.8 Å². The standard InChI is InChI=1S/C22H32N2O7/c1-21(2,3)16-31-19(25)22(10-7-11-23(15-22)20(26)27)18(12-24(28)29)14-30-13-17-8-5-4-6-9-17/h4-6,8-9,18H,7,10-16H2,1-3H3,(H,26,27). The molecule has 1 aliphatic heterocycles. The summed E-state index contributed by atoms with van der Waals surface area (Å²) in [7, 11) is 0. The largest absolute Gasteiger partial charge is 0.465 e. The van der Waals surface area contributed by atoms with Crippen molar-refractivity contribution >= 4 is 12.1 Å². The smallest absolute Gasteiger partial charge is 0.407 e. The van der Waals surface area contributed by atoms with Gasteiger partial charge in [0.05, 0.1) is 31.2 Å². The van der Waals surface area contributed by atoms with Gasteiger partial charge in [0.2, 0.25) is 6.54 Å². The van der Waals surface area contributed by atoms with E-state index < -0.39 is 34.9 Å². The summed E-state index contributed by atoms with van der Waals surface area (Å²) in [6.45, 7) is 5.69. The van der Waals surface area contributed by atoms with Gasteiger partial charge in [0.25, 0.3) is 0 Å². The number of nitrogens with zero attached hydrogens (tertiary/aromatic N) is 2. The molecule has 1 amide bonds. The number of carbonyl (C=O) groups excluding carboxylic acids is 1. The summed E-state index contributed by atoms with van der Waals surface area (Å²) in [5, 5.41) is 21.0. The van der Waals surface area contributed by atoms with Gasteiger partial charge < -0.3 is 19.5 Å². The maximum absolute atomic E-state index is 13.3. The lowest BCUT2D eigenvalue weighted by atomic mass is 9.69. The average molecular weight is 437 g/mol. The normalized spacial score (nSPS) is 20.2. The van der Waals surface area contributed by atoms with Crippen LogP contribution in [0.25, 0.3) is 0 Å². The van der Waals surface area contributed by atoms with Crippen LogP contribution in [0.2, 0.25) is 0 Å². The Labute approximate surface area is 182 Å². The van der Waals surface area contributed by atoms with Gasteiger partial charge in [0.15, 0.2) is 0 Å². The molecule has 2 atom stereocenters. The monoisotopic (exact) mass is 436 g/mol. The molecule has 1 aromatic rings. The molecule has 1 aromatic carbocycles. The number of benzene rings is 1. The summed E-state index contributed by atoms with van der Waals surface area (Å²) in [4.78, 5) is 37.0. The van der Waals surface area contributed by atoms with E-state index in [2.05, 4.69) is 0 Å². The molecule has 0 radical (unpaired) electrons. The fourth-order valence-corrected chi connectivity index (χ4v) is 3.80. The molecular weight excluding hydrogens is 404 g/mol. The van der Waals surface area contributed by atoms with Gasteiger partial charge in [-0.3, -0.25) is 14.9 Å². The van der Waals surface area contributed by atoms with E-state index in [0.717, 1.165) is 10.5 Å². The molecule has 2 unspecified atom stereocenters. The molecule has 1 N–H and O–H groups in total. The number of rotatable bonds is 9. The second-order valence-corrected chi connectivity index (χ2v) is 9.31. The number of carboxylic acid groups (broad SMARTS) is 1. The predicted molar refractivity (Wildman–Crippen MR) is 113 cm³/mol. The topological polar surface area (TPSA) is 119 Å². The number of carbonyl (C=O) groups is 2. The Hall–Kier alpha value is -2.68. The quantitative estimate of drug-likeness (QED) is 0.358. The third kappa shape index (κ3) is 7.20. The lowest BCUT2D eigenvalue weighted by molar-refractivity contribution is -0.493. The summed E-state index contributed by atoms with van der Waals surface area (Å²) in [6.07, 6.45) is -0.422. The van der Waals surface area contributed by atoms with Gasteiger partial charge in [-0.2, -0.15) is 0 Å². The Morgan fingerprint density at radius 1 is 1.29 bits per heavy atom. The Kier molecular flexibility index (Phi) is 8.38. The molecule has 0 bridgehead atoms. The van der Waals surface area contributed by atoms with Gasteiger partial charge in [-0.1, -0.05) is 51.1 Å². The van der Waals surface area contributed by atoms with Gasteiger partial charge in [0.1, 0.15) is 0 Å². The van der Waals surface area contributed by atoms with Crippen molar-refractivity contribution in [3.8, 4) is 0 Å². The van der Waals surface area contributed by atoms with Gasteiger partial charge in [-0.05, 0) is 23.8 Å². The van der Waals surface area contributed by atoms with Gasteiger partial charge in [-0.25, -0.2) is 4.79 Å². The van der Waals surface area contributed by atoms with Gasteiger partial charge in [0, 0.05) is 18.0 Å². The number of hydrogen-bond donors (Lipinski definition) is 1. The molecule has 0 spiro atoms. The predicted octanol–water partition coefficient (Wildman–Crippen LogP) is 3.45. The van der Waals surface area contributed by atoms with E-state index >= 15 is 0 Å². The first kappa shape index (κ1) is 24.6. The molecule has 2 rings (SSSR count). The van der Waals surface area contributed by atoms with Crippen molar-refractivity contribution in [1.29, 1.82) is 0 Å². The van der Waals surface area contributed by atoms with E-state index in [1.54, 1.807) is 0 Å². The SMILES string of the molecule is CC(C)(C)COC(=O)C1(C(COCc2ccccc2)C[N+](=O)[O-])CCCN(C(=O)O)C1. The maximum atomic E-state index is 13.3. The molecule has 31 heavy (non-hydrogen) atoms. The average Bonchev–Trinajstić information content (AvgIpc) is 2.71. The summed E-state index contributed by atoms with van der Waals surface area (Å²) >= 11 is 0. The maximum Gasteiger partial charge on any atom is 0.407 e. The highest BCUT2D eigenvalue weighted by atomic mass is 16.6. The zero-order chi connectivity index (χ0) is 23.1. The molecule has 0 saturated carbocycles. The molecule has 9 heteroatoms. The minimum atomic E-state index is -1.33. The first-order chi connectivity index (χ1) is 14.5. The highest BCUT2D eigenvalue weighted by molar-refractivity contribution is 5.79. The Morgan fingerprint density at radius 3 is 2.55 bits per heavy atom. The van der Waals surface area contributed by atoms with Crippen LogP contribution >= 0.6 is 0 Å². The molecular formula is C22H32N2O7. The number of amides is 1. The number of likely N-dealkylation sites (tertiary alicyclic amines) is 1. The van der Waals surface area contributed by atoms with Crippen LogP contribution in [0.3, 0.4) is 0 Å². The summed E-state index contributed by atoms with van der Waals surface area (Å²) in [6, 6.07) is 9.36. The van der Waals surface area contributed by atoms with Crippen LogP contribution in [-0.4, -0.2) is 59.8 Å². The number of nitro groups is 1. The van der Waals surface area contributed by atoms with Crippen molar-refractivity contribution in [1.82, 2.24) is 4.90 Å². The zero-order valence-corrected chi connectivity index (χ0v) is 18.4.